The molecule has 0 unspecified atom stereocenters. The normalized spacial score (nSPS) is 13.2. The lowest BCUT2D eigenvalue weighted by Gasteiger charge is -2.28. The summed E-state index contributed by atoms with van der Waals surface area (Å²) in [5.41, 5.74) is 2.97. The maximum absolute atomic E-state index is 13.2. The second-order valence-electron chi connectivity index (χ2n) is 6.30. The molecule has 0 radical (unpaired) electrons. The topological polar surface area (TPSA) is 58.1 Å². The van der Waals surface area contributed by atoms with Gasteiger partial charge < -0.3 is 10.2 Å². The zero-order chi connectivity index (χ0) is 18.8. The number of nitrogens with one attached hydrogen (secondary N) is 1. The van der Waals surface area contributed by atoms with Gasteiger partial charge in [0, 0.05) is 37.2 Å². The first-order chi connectivity index (χ1) is 13.1. The van der Waals surface area contributed by atoms with E-state index < -0.39 is 17.5 Å². The van der Waals surface area contributed by atoms with E-state index in [2.05, 4.69) is 32.3 Å². The zero-order valence-corrected chi connectivity index (χ0v) is 14.3. The third-order valence-corrected chi connectivity index (χ3v) is 4.49. The van der Waals surface area contributed by atoms with Gasteiger partial charge in [-0.05, 0) is 29.7 Å². The average Bonchev–Trinajstić information content (AvgIpc) is 2.70. The number of rotatable bonds is 3. The quantitative estimate of drug-likeness (QED) is 0.770. The highest BCUT2D eigenvalue weighted by molar-refractivity contribution is 6.03. The second kappa shape index (κ2) is 7.11. The van der Waals surface area contributed by atoms with E-state index in [0.29, 0.717) is 5.95 Å². The molecule has 0 saturated heterocycles. The molecule has 3 aromatic rings. The molecule has 0 saturated carbocycles. The minimum absolute atomic E-state index is 0.163. The molecule has 136 valence electrons. The smallest absolute Gasteiger partial charge is 0.258 e. The largest absolute Gasteiger partial charge is 0.336 e. The molecule has 1 aliphatic rings. The van der Waals surface area contributed by atoms with Crippen LogP contribution in [0.3, 0.4) is 0 Å². The molecular formula is C20H16F2N4O. The molecule has 1 aliphatic heterocycles. The SMILES string of the molecule is O=C(Nc1ccc(F)c(F)c1)c1cnc(N2CCc3ccccc3C2)nc1. The van der Waals surface area contributed by atoms with Gasteiger partial charge in [0.2, 0.25) is 5.95 Å². The van der Waals surface area contributed by atoms with Crippen LogP contribution in [0, 0.1) is 11.6 Å². The van der Waals surface area contributed by atoms with Gasteiger partial charge in [-0.2, -0.15) is 0 Å². The van der Waals surface area contributed by atoms with Crippen molar-refractivity contribution in [3.8, 4) is 0 Å². The Hall–Kier alpha value is -3.35. The Bertz CT molecular complexity index is 992. The number of carbonyl (C=O) groups excluding carboxylic acids is 1. The Morgan fingerprint density at radius 2 is 1.74 bits per heavy atom. The van der Waals surface area contributed by atoms with Crippen molar-refractivity contribution in [2.45, 2.75) is 13.0 Å². The molecule has 4 rings (SSSR count). The number of anilines is 2. The molecule has 0 aliphatic carbocycles. The van der Waals surface area contributed by atoms with Crippen molar-refractivity contribution < 1.29 is 13.6 Å². The fraction of sp³-hybridized carbons (Fsp3) is 0.150. The van der Waals surface area contributed by atoms with E-state index in [1.54, 1.807) is 0 Å². The highest BCUT2D eigenvalue weighted by atomic mass is 19.2. The Morgan fingerprint density at radius 1 is 1.00 bits per heavy atom. The Morgan fingerprint density at radius 3 is 2.48 bits per heavy atom. The number of fused-ring (bicyclic) bond motifs is 1. The van der Waals surface area contributed by atoms with Gasteiger partial charge in [0.15, 0.2) is 11.6 Å². The molecular weight excluding hydrogens is 350 g/mol. The van der Waals surface area contributed by atoms with Gasteiger partial charge in [-0.1, -0.05) is 24.3 Å². The monoisotopic (exact) mass is 366 g/mol. The first-order valence-corrected chi connectivity index (χ1v) is 8.50. The van der Waals surface area contributed by atoms with Gasteiger partial charge in [-0.25, -0.2) is 18.7 Å². The molecule has 2 heterocycles. The molecule has 0 spiro atoms. The molecule has 27 heavy (non-hydrogen) atoms. The summed E-state index contributed by atoms with van der Waals surface area (Å²) in [5, 5.41) is 2.50. The number of benzene rings is 2. The maximum Gasteiger partial charge on any atom is 0.258 e. The predicted molar refractivity (Wildman–Crippen MR) is 97.5 cm³/mol. The van der Waals surface area contributed by atoms with Crippen molar-refractivity contribution in [3.63, 3.8) is 0 Å². The van der Waals surface area contributed by atoms with Crippen LogP contribution in [0.4, 0.5) is 20.4 Å². The van der Waals surface area contributed by atoms with E-state index in [1.807, 2.05) is 12.1 Å². The fourth-order valence-electron chi connectivity index (χ4n) is 3.05. The Labute approximate surface area is 154 Å². The molecule has 1 N–H and O–H groups in total. The van der Waals surface area contributed by atoms with E-state index in [-0.39, 0.29) is 11.3 Å². The molecule has 0 fully saturated rings. The van der Waals surface area contributed by atoms with Crippen molar-refractivity contribution >= 4 is 17.5 Å². The second-order valence-corrected chi connectivity index (χ2v) is 6.30. The average molecular weight is 366 g/mol. The minimum atomic E-state index is -1.02. The van der Waals surface area contributed by atoms with Crippen LogP contribution in [0.25, 0.3) is 0 Å². The van der Waals surface area contributed by atoms with Gasteiger partial charge in [-0.15, -0.1) is 0 Å². The van der Waals surface area contributed by atoms with Gasteiger partial charge in [0.25, 0.3) is 5.91 Å². The highest BCUT2D eigenvalue weighted by Crippen LogP contribution is 2.21. The van der Waals surface area contributed by atoms with Crippen LogP contribution in [0.5, 0.6) is 0 Å². The number of aromatic nitrogens is 2. The summed E-state index contributed by atoms with van der Waals surface area (Å²) in [6.07, 6.45) is 3.77. The van der Waals surface area contributed by atoms with Gasteiger partial charge in [0.05, 0.1) is 5.56 Å². The van der Waals surface area contributed by atoms with Crippen LogP contribution in [0.2, 0.25) is 0 Å². The summed E-state index contributed by atoms with van der Waals surface area (Å²) in [6, 6.07) is 11.4. The van der Waals surface area contributed by atoms with Crippen LogP contribution in [-0.4, -0.2) is 22.4 Å². The zero-order valence-electron chi connectivity index (χ0n) is 14.3. The summed E-state index contributed by atoms with van der Waals surface area (Å²) < 4.78 is 26.2. The van der Waals surface area contributed by atoms with Crippen molar-refractivity contribution in [1.29, 1.82) is 0 Å². The van der Waals surface area contributed by atoms with Gasteiger partial charge in [0.1, 0.15) is 0 Å². The molecule has 5 nitrogen and oxygen atoms in total. The molecule has 2 aromatic carbocycles. The van der Waals surface area contributed by atoms with Crippen LogP contribution >= 0.6 is 0 Å². The number of hydrogen-bond acceptors (Lipinski definition) is 4. The lowest BCUT2D eigenvalue weighted by atomic mass is 10.0. The molecule has 1 amide bonds. The molecule has 0 atom stereocenters. The van der Waals surface area contributed by atoms with Crippen LogP contribution < -0.4 is 10.2 Å². The number of nitrogens with zero attached hydrogens (tertiary/aromatic N) is 3. The van der Waals surface area contributed by atoms with Crippen LogP contribution in [0.15, 0.2) is 54.9 Å². The summed E-state index contributed by atoms with van der Waals surface area (Å²) in [4.78, 5) is 22.9. The van der Waals surface area contributed by atoms with Crippen molar-refractivity contribution in [2.75, 3.05) is 16.8 Å². The van der Waals surface area contributed by atoms with Crippen LogP contribution in [0.1, 0.15) is 21.5 Å². The number of hydrogen-bond donors (Lipinski definition) is 1. The summed E-state index contributed by atoms with van der Waals surface area (Å²) in [6.45, 7) is 1.52. The predicted octanol–water partition coefficient (Wildman–Crippen LogP) is 3.57. The van der Waals surface area contributed by atoms with Crippen molar-refractivity contribution in [1.82, 2.24) is 9.97 Å². The van der Waals surface area contributed by atoms with E-state index in [0.717, 1.165) is 31.6 Å². The first kappa shape index (κ1) is 17.1. The maximum atomic E-state index is 13.2. The van der Waals surface area contributed by atoms with E-state index in [1.165, 1.54) is 29.6 Å². The van der Waals surface area contributed by atoms with E-state index >= 15 is 0 Å². The summed E-state index contributed by atoms with van der Waals surface area (Å²) in [5.74, 6) is -1.93. The van der Waals surface area contributed by atoms with Crippen molar-refractivity contribution in [2.24, 2.45) is 0 Å². The van der Waals surface area contributed by atoms with Crippen molar-refractivity contribution in [3.05, 3.63) is 83.2 Å². The van der Waals surface area contributed by atoms with Gasteiger partial charge >= 0.3 is 0 Å². The van der Waals surface area contributed by atoms with Gasteiger partial charge in [-0.3, -0.25) is 4.79 Å². The summed E-state index contributed by atoms with van der Waals surface area (Å²) in [7, 11) is 0. The number of carbonyl (C=O) groups is 1. The van der Waals surface area contributed by atoms with E-state index in [9.17, 15) is 13.6 Å². The Kier molecular flexibility index (Phi) is 4.50. The fourth-order valence-corrected chi connectivity index (χ4v) is 3.05. The summed E-state index contributed by atoms with van der Waals surface area (Å²) >= 11 is 0. The first-order valence-electron chi connectivity index (χ1n) is 8.50. The minimum Gasteiger partial charge on any atom is -0.336 e. The van der Waals surface area contributed by atoms with E-state index in [4.69, 9.17) is 0 Å². The number of amides is 1. The lowest BCUT2D eigenvalue weighted by molar-refractivity contribution is 0.102. The Balaban J connectivity index is 1.46. The van der Waals surface area contributed by atoms with Crippen LogP contribution in [-0.2, 0) is 13.0 Å². The standard InChI is InChI=1S/C20H16F2N4O/c21-17-6-5-16(9-18(17)22)25-19(27)15-10-23-20(24-11-15)26-8-7-13-3-1-2-4-14(13)12-26/h1-6,9-11H,7-8,12H2,(H,25,27). The molecule has 0 bridgehead atoms. The highest BCUT2D eigenvalue weighted by Gasteiger charge is 2.18. The third-order valence-electron chi connectivity index (χ3n) is 4.49. The molecule has 7 heteroatoms. The number of halogens is 2. The molecule has 1 aromatic heterocycles. The lowest BCUT2D eigenvalue weighted by Crippen LogP contribution is -2.31. The third kappa shape index (κ3) is 3.62.